The van der Waals surface area contributed by atoms with Gasteiger partial charge in [0.25, 0.3) is 11.8 Å². The number of hydrogen-bond donors (Lipinski definition) is 3. The molecule has 9 nitrogen and oxygen atoms in total. The number of carbonyl (C=O) groups excluding carboxylic acids is 2. The SMILES string of the molecule is CC1CCCN1C(=O)c1nc(C(=O)NCC(C)(C)O)sc1-c1cnc(NC2CCCCC2)c(C#N)c1. The molecule has 3 N–H and O–H groups in total. The van der Waals surface area contributed by atoms with Gasteiger partial charge in [-0.2, -0.15) is 5.26 Å². The normalized spacial score (nSPS) is 18.6. The van der Waals surface area contributed by atoms with Crippen molar-refractivity contribution in [1.82, 2.24) is 20.2 Å². The topological polar surface area (TPSA) is 131 Å². The number of hydrogen-bond acceptors (Lipinski definition) is 8. The van der Waals surface area contributed by atoms with Crippen LogP contribution in [0.15, 0.2) is 12.3 Å². The highest BCUT2D eigenvalue weighted by atomic mass is 32.1. The lowest BCUT2D eigenvalue weighted by molar-refractivity contribution is 0.0692. The maximum absolute atomic E-state index is 13.5. The Morgan fingerprint density at radius 3 is 2.64 bits per heavy atom. The first-order valence-electron chi connectivity index (χ1n) is 12.7. The highest BCUT2D eigenvalue weighted by Crippen LogP contribution is 2.34. The number of pyridine rings is 1. The van der Waals surface area contributed by atoms with Gasteiger partial charge >= 0.3 is 0 Å². The summed E-state index contributed by atoms with van der Waals surface area (Å²) in [6.07, 6.45) is 9.16. The summed E-state index contributed by atoms with van der Waals surface area (Å²) < 4.78 is 0. The Kier molecular flexibility index (Phi) is 7.91. The molecule has 0 radical (unpaired) electrons. The van der Waals surface area contributed by atoms with Gasteiger partial charge in [-0.25, -0.2) is 9.97 Å². The number of carbonyl (C=O) groups is 2. The zero-order valence-electron chi connectivity index (χ0n) is 21.1. The summed E-state index contributed by atoms with van der Waals surface area (Å²) >= 11 is 1.10. The fraction of sp³-hybridized carbons (Fsp3) is 0.577. The first kappa shape index (κ1) is 26.0. The maximum Gasteiger partial charge on any atom is 0.280 e. The molecule has 0 spiro atoms. The van der Waals surface area contributed by atoms with E-state index in [2.05, 4.69) is 26.7 Å². The lowest BCUT2D eigenvalue weighted by Crippen LogP contribution is -2.38. The zero-order valence-corrected chi connectivity index (χ0v) is 22.0. The molecule has 2 amide bonds. The van der Waals surface area contributed by atoms with E-state index in [0.29, 0.717) is 34.4 Å². The average molecular weight is 511 g/mol. The molecule has 1 saturated carbocycles. The van der Waals surface area contributed by atoms with E-state index < -0.39 is 11.5 Å². The van der Waals surface area contributed by atoms with Crippen LogP contribution in [0.4, 0.5) is 5.82 Å². The van der Waals surface area contributed by atoms with Crippen LogP contribution in [0.25, 0.3) is 10.4 Å². The van der Waals surface area contributed by atoms with Crippen molar-refractivity contribution in [2.75, 3.05) is 18.4 Å². The van der Waals surface area contributed by atoms with Crippen LogP contribution in [0.3, 0.4) is 0 Å². The van der Waals surface area contributed by atoms with Gasteiger partial charge in [0.15, 0.2) is 5.01 Å². The van der Waals surface area contributed by atoms with Crippen molar-refractivity contribution < 1.29 is 14.7 Å². The highest BCUT2D eigenvalue weighted by Gasteiger charge is 2.32. The van der Waals surface area contributed by atoms with Crippen molar-refractivity contribution in [3.8, 4) is 16.5 Å². The standard InChI is InChI=1S/C26H34N6O3S/c1-16-8-7-11-32(16)25(34)20-21(36-24(31-20)23(33)29-15-26(2,3)35)18-12-17(13-27)22(28-14-18)30-19-9-5-4-6-10-19/h12,14,16,19,35H,4-11,15H2,1-3H3,(H,28,30)(H,29,33). The molecule has 1 saturated heterocycles. The van der Waals surface area contributed by atoms with E-state index in [9.17, 15) is 20.0 Å². The Hall–Kier alpha value is -3.03. The molecular weight excluding hydrogens is 476 g/mol. The van der Waals surface area contributed by atoms with Gasteiger partial charge in [-0.1, -0.05) is 19.3 Å². The van der Waals surface area contributed by atoms with Gasteiger partial charge in [0, 0.05) is 36.9 Å². The van der Waals surface area contributed by atoms with Crippen LogP contribution in [0.2, 0.25) is 0 Å². The van der Waals surface area contributed by atoms with E-state index in [1.54, 1.807) is 31.0 Å². The Balaban J connectivity index is 1.67. The van der Waals surface area contributed by atoms with Gasteiger partial charge < -0.3 is 20.6 Å². The Morgan fingerprint density at radius 1 is 1.25 bits per heavy atom. The first-order chi connectivity index (χ1) is 17.2. The molecule has 4 rings (SSSR count). The molecule has 1 aliphatic carbocycles. The Bertz CT molecular complexity index is 1160. The quantitative estimate of drug-likeness (QED) is 0.514. The number of nitrogens with zero attached hydrogens (tertiary/aromatic N) is 4. The Labute approximate surface area is 215 Å². The fourth-order valence-corrected chi connectivity index (χ4v) is 5.68. The molecule has 2 aromatic rings. The van der Waals surface area contributed by atoms with Crippen molar-refractivity contribution in [1.29, 1.82) is 5.26 Å². The number of thiazole rings is 1. The molecule has 36 heavy (non-hydrogen) atoms. The third kappa shape index (κ3) is 6.02. The maximum atomic E-state index is 13.5. The van der Waals surface area contributed by atoms with Crippen LogP contribution in [-0.4, -0.2) is 62.6 Å². The molecule has 0 bridgehead atoms. The molecule has 2 aliphatic rings. The molecule has 10 heteroatoms. The summed E-state index contributed by atoms with van der Waals surface area (Å²) in [6, 6.07) is 4.34. The van der Waals surface area contributed by atoms with Gasteiger partial charge in [-0.15, -0.1) is 11.3 Å². The minimum absolute atomic E-state index is 0.0505. The molecule has 0 aromatic carbocycles. The summed E-state index contributed by atoms with van der Waals surface area (Å²) in [5.74, 6) is -0.140. The molecule has 3 heterocycles. The molecule has 192 valence electrons. The third-order valence-electron chi connectivity index (χ3n) is 6.74. The molecule has 2 fully saturated rings. The van der Waals surface area contributed by atoms with E-state index in [-0.39, 0.29) is 29.2 Å². The zero-order chi connectivity index (χ0) is 25.9. The van der Waals surface area contributed by atoms with Crippen molar-refractivity contribution in [2.24, 2.45) is 0 Å². The van der Waals surface area contributed by atoms with Crippen LogP contribution in [-0.2, 0) is 0 Å². The van der Waals surface area contributed by atoms with Crippen molar-refractivity contribution in [2.45, 2.75) is 83.4 Å². The van der Waals surface area contributed by atoms with E-state index in [0.717, 1.165) is 49.9 Å². The molecular formula is C26H34N6O3S. The summed E-state index contributed by atoms with van der Waals surface area (Å²) in [7, 11) is 0. The second-order valence-electron chi connectivity index (χ2n) is 10.4. The number of aromatic nitrogens is 2. The minimum Gasteiger partial charge on any atom is -0.389 e. The minimum atomic E-state index is -1.08. The van der Waals surface area contributed by atoms with Gasteiger partial charge in [-0.05, 0) is 52.5 Å². The summed E-state index contributed by atoms with van der Waals surface area (Å²) in [5.41, 5.74) is 0.0925. The fourth-order valence-electron chi connectivity index (χ4n) is 4.73. The summed E-state index contributed by atoms with van der Waals surface area (Å²) in [6.45, 7) is 5.90. The third-order valence-corrected chi connectivity index (χ3v) is 7.84. The number of rotatable bonds is 7. The molecule has 1 atom stereocenters. The van der Waals surface area contributed by atoms with Gasteiger partial charge in [0.1, 0.15) is 17.6 Å². The van der Waals surface area contributed by atoms with Crippen molar-refractivity contribution in [3.05, 3.63) is 28.5 Å². The predicted molar refractivity (Wildman–Crippen MR) is 139 cm³/mol. The van der Waals surface area contributed by atoms with Crippen LogP contribution >= 0.6 is 11.3 Å². The lowest BCUT2D eigenvalue weighted by atomic mass is 9.95. The van der Waals surface area contributed by atoms with Gasteiger partial charge in [0.2, 0.25) is 0 Å². The number of amides is 2. The number of nitrogens with one attached hydrogen (secondary N) is 2. The number of likely N-dealkylation sites (tertiary alicyclic amines) is 1. The molecule has 1 unspecified atom stereocenters. The van der Waals surface area contributed by atoms with Crippen LogP contribution in [0, 0.1) is 11.3 Å². The highest BCUT2D eigenvalue weighted by molar-refractivity contribution is 7.17. The van der Waals surface area contributed by atoms with Crippen molar-refractivity contribution in [3.63, 3.8) is 0 Å². The smallest absolute Gasteiger partial charge is 0.280 e. The van der Waals surface area contributed by atoms with E-state index in [4.69, 9.17) is 0 Å². The number of anilines is 1. The average Bonchev–Trinajstić information content (AvgIpc) is 3.49. The second kappa shape index (κ2) is 10.9. The van der Waals surface area contributed by atoms with E-state index in [1.165, 1.54) is 6.42 Å². The van der Waals surface area contributed by atoms with E-state index in [1.807, 2.05) is 6.92 Å². The van der Waals surface area contributed by atoms with Crippen LogP contribution < -0.4 is 10.6 Å². The van der Waals surface area contributed by atoms with Gasteiger partial charge in [-0.3, -0.25) is 9.59 Å². The predicted octanol–water partition coefficient (Wildman–Crippen LogP) is 3.95. The molecule has 2 aromatic heterocycles. The van der Waals surface area contributed by atoms with E-state index >= 15 is 0 Å². The largest absolute Gasteiger partial charge is 0.389 e. The number of nitriles is 1. The van der Waals surface area contributed by atoms with Crippen LogP contribution in [0.1, 0.15) is 91.6 Å². The van der Waals surface area contributed by atoms with Crippen molar-refractivity contribution >= 4 is 29.0 Å². The first-order valence-corrected chi connectivity index (χ1v) is 13.5. The molecule has 1 aliphatic heterocycles. The van der Waals surface area contributed by atoms with Gasteiger partial charge in [0.05, 0.1) is 16.0 Å². The van der Waals surface area contributed by atoms with Crippen LogP contribution in [0.5, 0.6) is 0 Å². The monoisotopic (exact) mass is 510 g/mol. The lowest BCUT2D eigenvalue weighted by Gasteiger charge is -2.23. The summed E-state index contributed by atoms with van der Waals surface area (Å²) in [5, 5.41) is 26.0. The summed E-state index contributed by atoms with van der Waals surface area (Å²) in [4.78, 5) is 37.6. The number of aliphatic hydroxyl groups is 1. The Morgan fingerprint density at radius 2 is 2.00 bits per heavy atom. The second-order valence-corrected chi connectivity index (χ2v) is 11.4.